The summed E-state index contributed by atoms with van der Waals surface area (Å²) in [5.41, 5.74) is 1.47. The standard InChI is InChI=1S/C19H25N5O3/c1-12(15-5-4-6-17(26-2)18(15)27-3)23-9-13(10-23)20-19(25)16-11-24(22-21-16)14-7-8-14/h4-6,11-14H,7-10H2,1-3H3,(H,20,25)/t12-/m1/s1. The Labute approximate surface area is 158 Å². The van der Waals surface area contributed by atoms with Gasteiger partial charge in [0.05, 0.1) is 32.5 Å². The number of para-hydroxylation sites is 1. The van der Waals surface area contributed by atoms with Crippen LogP contribution in [0.2, 0.25) is 0 Å². The molecular formula is C19H25N5O3. The predicted octanol–water partition coefficient (Wildman–Crippen LogP) is 1.81. The van der Waals surface area contributed by atoms with Gasteiger partial charge in [0.25, 0.3) is 5.91 Å². The van der Waals surface area contributed by atoms with Gasteiger partial charge in [0.2, 0.25) is 0 Å². The van der Waals surface area contributed by atoms with Crippen LogP contribution in [0.4, 0.5) is 0 Å². The Balaban J connectivity index is 1.34. The molecule has 144 valence electrons. The van der Waals surface area contributed by atoms with E-state index in [1.54, 1.807) is 25.1 Å². The van der Waals surface area contributed by atoms with Gasteiger partial charge in [0.15, 0.2) is 17.2 Å². The highest BCUT2D eigenvalue weighted by Crippen LogP contribution is 2.38. The van der Waals surface area contributed by atoms with Crippen molar-refractivity contribution in [2.75, 3.05) is 27.3 Å². The highest BCUT2D eigenvalue weighted by atomic mass is 16.5. The van der Waals surface area contributed by atoms with Crippen LogP contribution in [0.5, 0.6) is 11.5 Å². The van der Waals surface area contributed by atoms with E-state index >= 15 is 0 Å². The van der Waals surface area contributed by atoms with Gasteiger partial charge >= 0.3 is 0 Å². The molecule has 8 nitrogen and oxygen atoms in total. The second-order valence-corrected chi connectivity index (χ2v) is 7.20. The molecule has 1 saturated heterocycles. The lowest BCUT2D eigenvalue weighted by atomic mass is 9.99. The predicted molar refractivity (Wildman–Crippen MR) is 99.1 cm³/mol. The molecule has 2 aromatic rings. The van der Waals surface area contributed by atoms with Crippen LogP contribution in [-0.4, -0.2) is 59.2 Å². The summed E-state index contributed by atoms with van der Waals surface area (Å²) in [4.78, 5) is 14.6. The number of carbonyl (C=O) groups is 1. The van der Waals surface area contributed by atoms with E-state index < -0.39 is 0 Å². The molecule has 1 aliphatic heterocycles. The fraction of sp³-hybridized carbons (Fsp3) is 0.526. The Kier molecular flexibility index (Phi) is 4.73. The van der Waals surface area contributed by atoms with Crippen molar-refractivity contribution in [1.82, 2.24) is 25.2 Å². The molecule has 2 heterocycles. The number of benzene rings is 1. The Bertz CT molecular complexity index is 827. The first-order chi connectivity index (χ1) is 13.1. The fourth-order valence-corrected chi connectivity index (χ4v) is 3.52. The lowest BCUT2D eigenvalue weighted by Crippen LogP contribution is -2.59. The normalized spacial score (nSPS) is 18.6. The maximum atomic E-state index is 12.4. The van der Waals surface area contributed by atoms with Crippen molar-refractivity contribution in [3.05, 3.63) is 35.7 Å². The zero-order valence-corrected chi connectivity index (χ0v) is 15.9. The largest absolute Gasteiger partial charge is 0.493 e. The molecule has 0 radical (unpaired) electrons. The molecule has 1 amide bonds. The van der Waals surface area contributed by atoms with Gasteiger partial charge in [0, 0.05) is 24.7 Å². The molecule has 1 N–H and O–H groups in total. The molecule has 4 rings (SSSR count). The number of methoxy groups -OCH3 is 2. The maximum Gasteiger partial charge on any atom is 0.273 e. The monoisotopic (exact) mass is 371 g/mol. The maximum absolute atomic E-state index is 12.4. The Morgan fingerprint density at radius 2 is 2.04 bits per heavy atom. The minimum absolute atomic E-state index is 0.114. The highest BCUT2D eigenvalue weighted by molar-refractivity contribution is 5.92. The molecule has 1 aliphatic carbocycles. The summed E-state index contributed by atoms with van der Waals surface area (Å²) in [6, 6.07) is 6.62. The van der Waals surface area contributed by atoms with E-state index in [0.717, 1.165) is 43.0 Å². The molecular weight excluding hydrogens is 346 g/mol. The van der Waals surface area contributed by atoms with Gasteiger partial charge in [-0.3, -0.25) is 9.69 Å². The van der Waals surface area contributed by atoms with Crippen molar-refractivity contribution in [3.8, 4) is 11.5 Å². The van der Waals surface area contributed by atoms with Crippen LogP contribution in [0.25, 0.3) is 0 Å². The quantitative estimate of drug-likeness (QED) is 0.799. The van der Waals surface area contributed by atoms with E-state index in [-0.39, 0.29) is 18.0 Å². The third kappa shape index (κ3) is 3.49. The van der Waals surface area contributed by atoms with Gasteiger partial charge in [-0.2, -0.15) is 0 Å². The third-order valence-electron chi connectivity index (χ3n) is 5.34. The average Bonchev–Trinajstić information content (AvgIpc) is 3.39. The van der Waals surface area contributed by atoms with Gasteiger partial charge in [-0.05, 0) is 25.8 Å². The van der Waals surface area contributed by atoms with E-state index in [1.807, 2.05) is 18.2 Å². The Hall–Kier alpha value is -2.61. The fourth-order valence-electron chi connectivity index (χ4n) is 3.52. The zero-order chi connectivity index (χ0) is 19.0. The summed E-state index contributed by atoms with van der Waals surface area (Å²) < 4.78 is 12.7. The molecule has 1 saturated carbocycles. The van der Waals surface area contributed by atoms with Gasteiger partial charge in [-0.1, -0.05) is 17.3 Å². The van der Waals surface area contributed by atoms with Crippen LogP contribution in [0, 0.1) is 0 Å². The summed E-state index contributed by atoms with van der Waals surface area (Å²) in [7, 11) is 3.29. The van der Waals surface area contributed by atoms with Crippen molar-refractivity contribution in [1.29, 1.82) is 0 Å². The van der Waals surface area contributed by atoms with Gasteiger partial charge in [-0.25, -0.2) is 4.68 Å². The van der Waals surface area contributed by atoms with Crippen molar-refractivity contribution >= 4 is 5.91 Å². The number of rotatable bonds is 7. The molecule has 8 heteroatoms. The van der Waals surface area contributed by atoms with E-state index in [2.05, 4.69) is 27.5 Å². The van der Waals surface area contributed by atoms with Gasteiger partial charge in [-0.15, -0.1) is 5.10 Å². The van der Waals surface area contributed by atoms with Gasteiger partial charge in [0.1, 0.15) is 0 Å². The Morgan fingerprint density at radius 1 is 1.26 bits per heavy atom. The lowest BCUT2D eigenvalue weighted by Gasteiger charge is -2.43. The number of nitrogens with one attached hydrogen (secondary N) is 1. The van der Waals surface area contributed by atoms with Crippen molar-refractivity contribution in [2.24, 2.45) is 0 Å². The summed E-state index contributed by atoms with van der Waals surface area (Å²) in [5, 5.41) is 11.1. The van der Waals surface area contributed by atoms with Crippen LogP contribution >= 0.6 is 0 Å². The molecule has 1 aromatic carbocycles. The number of amides is 1. The first-order valence-corrected chi connectivity index (χ1v) is 9.28. The molecule has 2 fully saturated rings. The number of likely N-dealkylation sites (tertiary alicyclic amines) is 1. The van der Waals surface area contributed by atoms with Crippen LogP contribution in [-0.2, 0) is 0 Å². The summed E-state index contributed by atoms with van der Waals surface area (Å²) in [5.74, 6) is 1.33. The third-order valence-corrected chi connectivity index (χ3v) is 5.34. The second kappa shape index (κ2) is 7.19. The number of hydrogen-bond donors (Lipinski definition) is 1. The van der Waals surface area contributed by atoms with E-state index in [1.165, 1.54) is 0 Å². The average molecular weight is 371 g/mol. The molecule has 0 bridgehead atoms. The molecule has 0 spiro atoms. The number of ether oxygens (including phenoxy) is 2. The minimum Gasteiger partial charge on any atom is -0.493 e. The number of carbonyl (C=O) groups excluding carboxylic acids is 1. The van der Waals surface area contributed by atoms with E-state index in [0.29, 0.717) is 11.7 Å². The van der Waals surface area contributed by atoms with Crippen LogP contribution in [0.15, 0.2) is 24.4 Å². The summed E-state index contributed by atoms with van der Waals surface area (Å²) in [6.45, 7) is 3.70. The second-order valence-electron chi connectivity index (χ2n) is 7.20. The first-order valence-electron chi connectivity index (χ1n) is 9.28. The minimum atomic E-state index is -0.154. The first kappa shape index (κ1) is 17.8. The van der Waals surface area contributed by atoms with E-state index in [9.17, 15) is 4.79 Å². The van der Waals surface area contributed by atoms with Crippen LogP contribution in [0.1, 0.15) is 47.9 Å². The van der Waals surface area contributed by atoms with Crippen molar-refractivity contribution in [2.45, 2.75) is 37.9 Å². The summed E-state index contributed by atoms with van der Waals surface area (Å²) in [6.07, 6.45) is 3.98. The highest BCUT2D eigenvalue weighted by Gasteiger charge is 2.34. The molecule has 1 aromatic heterocycles. The molecule has 27 heavy (non-hydrogen) atoms. The molecule has 0 unspecified atom stereocenters. The zero-order valence-electron chi connectivity index (χ0n) is 15.9. The number of aromatic nitrogens is 3. The van der Waals surface area contributed by atoms with Crippen molar-refractivity contribution in [3.63, 3.8) is 0 Å². The SMILES string of the molecule is COc1cccc([C@@H](C)N2CC(NC(=O)c3cn(C4CC4)nn3)C2)c1OC. The smallest absolute Gasteiger partial charge is 0.273 e. The van der Waals surface area contributed by atoms with Crippen LogP contribution in [0.3, 0.4) is 0 Å². The Morgan fingerprint density at radius 3 is 2.70 bits per heavy atom. The number of nitrogens with zero attached hydrogens (tertiary/aromatic N) is 4. The van der Waals surface area contributed by atoms with E-state index in [4.69, 9.17) is 9.47 Å². The molecule has 1 atom stereocenters. The topological polar surface area (TPSA) is 81.5 Å². The van der Waals surface area contributed by atoms with Crippen LogP contribution < -0.4 is 14.8 Å². The number of hydrogen-bond acceptors (Lipinski definition) is 6. The van der Waals surface area contributed by atoms with Crippen molar-refractivity contribution < 1.29 is 14.3 Å². The van der Waals surface area contributed by atoms with Gasteiger partial charge < -0.3 is 14.8 Å². The molecule has 2 aliphatic rings. The lowest BCUT2D eigenvalue weighted by molar-refractivity contribution is 0.0665. The summed E-state index contributed by atoms with van der Waals surface area (Å²) >= 11 is 0.